The number of thiophene rings is 1. The fourth-order valence-corrected chi connectivity index (χ4v) is 4.55. The van der Waals surface area contributed by atoms with Crippen LogP contribution >= 0.6 is 22.9 Å². The second-order valence-electron chi connectivity index (χ2n) is 6.06. The first-order chi connectivity index (χ1) is 12.5. The van der Waals surface area contributed by atoms with Crippen molar-refractivity contribution < 1.29 is 9.90 Å². The first kappa shape index (κ1) is 16.8. The van der Waals surface area contributed by atoms with Gasteiger partial charge in [0.2, 0.25) is 0 Å². The number of nitrogens with two attached hydrogens (primary N) is 1. The van der Waals surface area contributed by atoms with E-state index in [2.05, 4.69) is 17.1 Å². The Hall–Kier alpha value is -2.63. The first-order valence-electron chi connectivity index (χ1n) is 8.12. The zero-order chi connectivity index (χ0) is 18.3. The van der Waals surface area contributed by atoms with Crippen molar-refractivity contribution in [2.24, 2.45) is 10.7 Å². The first-order valence-corrected chi connectivity index (χ1v) is 9.31. The molecular weight excluding hydrogens is 368 g/mol. The highest BCUT2D eigenvalue weighted by molar-refractivity contribution is 7.21. The van der Waals surface area contributed by atoms with Crippen molar-refractivity contribution in [3.63, 3.8) is 0 Å². The van der Waals surface area contributed by atoms with Crippen LogP contribution in [0.25, 0.3) is 21.2 Å². The summed E-state index contributed by atoms with van der Waals surface area (Å²) in [6.07, 6.45) is 5.63. The summed E-state index contributed by atoms with van der Waals surface area (Å²) in [5.74, 6) is -0.494. The summed E-state index contributed by atoms with van der Waals surface area (Å²) in [6.45, 7) is 0. The molecule has 0 unspecified atom stereocenters. The molecule has 0 bridgehead atoms. The van der Waals surface area contributed by atoms with Crippen LogP contribution in [0.3, 0.4) is 0 Å². The van der Waals surface area contributed by atoms with Crippen LogP contribution in [0.2, 0.25) is 5.02 Å². The molecule has 2 heterocycles. The Bertz CT molecular complexity index is 1100. The van der Waals surface area contributed by atoms with E-state index in [1.54, 1.807) is 29.7 Å². The molecule has 0 radical (unpaired) electrons. The van der Waals surface area contributed by atoms with Crippen molar-refractivity contribution in [1.82, 2.24) is 0 Å². The number of halogens is 1. The van der Waals surface area contributed by atoms with E-state index in [4.69, 9.17) is 17.3 Å². The zero-order valence-electron chi connectivity index (χ0n) is 13.7. The molecule has 0 saturated carbocycles. The molecule has 0 spiro atoms. The Balaban J connectivity index is 1.85. The van der Waals surface area contributed by atoms with Gasteiger partial charge in [-0.3, -0.25) is 0 Å². The summed E-state index contributed by atoms with van der Waals surface area (Å²) in [5, 5.41) is 10.7. The lowest BCUT2D eigenvalue weighted by atomic mass is 9.99. The molecule has 0 aliphatic carbocycles. The molecule has 1 aromatic heterocycles. The maximum absolute atomic E-state index is 11.3. The maximum Gasteiger partial charge on any atom is 0.337 e. The fraction of sp³-hybridized carbons (Fsp3) is 0.100. The van der Waals surface area contributed by atoms with Gasteiger partial charge in [-0.2, -0.15) is 0 Å². The molecule has 3 aromatic rings. The van der Waals surface area contributed by atoms with Crippen LogP contribution in [-0.4, -0.2) is 16.9 Å². The van der Waals surface area contributed by atoms with Crippen molar-refractivity contribution in [3.05, 3.63) is 69.7 Å². The molecule has 6 heteroatoms. The van der Waals surface area contributed by atoms with Crippen molar-refractivity contribution in [2.75, 3.05) is 0 Å². The molecule has 130 valence electrons. The van der Waals surface area contributed by atoms with Crippen LogP contribution < -0.4 is 5.73 Å². The molecule has 0 fully saturated rings. The SMILES string of the molecule is NC1=NC=CCCc2c1sc1cc(-c3ccc(Cl)c(C(=O)O)c3)ccc21. The Morgan fingerprint density at radius 2 is 1.96 bits per heavy atom. The van der Waals surface area contributed by atoms with Crippen molar-refractivity contribution >= 4 is 44.8 Å². The second kappa shape index (κ2) is 6.59. The largest absolute Gasteiger partial charge is 0.478 e. The molecule has 0 amide bonds. The Kier molecular flexibility index (Phi) is 4.26. The van der Waals surface area contributed by atoms with Crippen LogP contribution in [0.5, 0.6) is 0 Å². The lowest BCUT2D eigenvalue weighted by Crippen LogP contribution is -2.13. The van der Waals surface area contributed by atoms with Crippen molar-refractivity contribution in [2.45, 2.75) is 12.8 Å². The predicted molar refractivity (Wildman–Crippen MR) is 107 cm³/mol. The van der Waals surface area contributed by atoms with Gasteiger partial charge in [0, 0.05) is 10.9 Å². The smallest absolute Gasteiger partial charge is 0.337 e. The quantitative estimate of drug-likeness (QED) is 0.648. The molecule has 26 heavy (non-hydrogen) atoms. The van der Waals surface area contributed by atoms with Crippen molar-refractivity contribution in [1.29, 1.82) is 0 Å². The molecule has 0 saturated heterocycles. The topological polar surface area (TPSA) is 75.7 Å². The Morgan fingerprint density at radius 3 is 2.77 bits per heavy atom. The highest BCUT2D eigenvalue weighted by Gasteiger charge is 2.17. The number of aliphatic imine (C=N–C) groups is 1. The summed E-state index contributed by atoms with van der Waals surface area (Å²) in [5.41, 5.74) is 9.22. The van der Waals surface area contributed by atoms with E-state index in [0.717, 1.165) is 33.5 Å². The molecule has 0 atom stereocenters. The third kappa shape index (κ3) is 2.89. The van der Waals surface area contributed by atoms with E-state index in [0.29, 0.717) is 5.84 Å². The number of allylic oxidation sites excluding steroid dienone is 1. The van der Waals surface area contributed by atoms with Gasteiger partial charge in [-0.15, -0.1) is 11.3 Å². The van der Waals surface area contributed by atoms with Crippen LogP contribution in [0.15, 0.2) is 53.7 Å². The van der Waals surface area contributed by atoms with Gasteiger partial charge < -0.3 is 10.8 Å². The van der Waals surface area contributed by atoms with Gasteiger partial charge >= 0.3 is 5.97 Å². The third-order valence-electron chi connectivity index (χ3n) is 4.44. The van der Waals surface area contributed by atoms with Gasteiger partial charge in [-0.25, -0.2) is 9.79 Å². The number of aryl methyl sites for hydroxylation is 1. The highest BCUT2D eigenvalue weighted by atomic mass is 35.5. The van der Waals surface area contributed by atoms with Gasteiger partial charge in [0.1, 0.15) is 5.84 Å². The molecule has 2 aromatic carbocycles. The van der Waals surface area contributed by atoms with Crippen molar-refractivity contribution in [3.8, 4) is 11.1 Å². The number of carbonyl (C=O) groups is 1. The van der Waals surface area contributed by atoms with E-state index in [9.17, 15) is 9.90 Å². The average molecular weight is 383 g/mol. The van der Waals surface area contributed by atoms with E-state index < -0.39 is 5.97 Å². The molecule has 4 nitrogen and oxygen atoms in total. The standard InChI is InChI=1S/C20H15ClN2O2S/c21-16-7-5-11(9-15(16)20(24)25)12-4-6-13-14-3-1-2-8-23-19(22)18(14)26-17(13)10-12/h2,4-10H,1,3H2,(H2,22,23)(H,24,25). The predicted octanol–water partition coefficient (Wildman–Crippen LogP) is 5.09. The van der Waals surface area contributed by atoms with Crippen LogP contribution in [0, 0.1) is 0 Å². The van der Waals surface area contributed by atoms with Crippen LogP contribution in [0.4, 0.5) is 0 Å². The number of aromatic carboxylic acids is 1. The number of rotatable bonds is 2. The monoisotopic (exact) mass is 382 g/mol. The van der Waals surface area contributed by atoms with E-state index >= 15 is 0 Å². The second-order valence-corrected chi connectivity index (χ2v) is 7.52. The Morgan fingerprint density at radius 1 is 1.19 bits per heavy atom. The molecule has 1 aliphatic heterocycles. The molecular formula is C20H15ClN2O2S. The van der Waals surface area contributed by atoms with Gasteiger partial charge in [0.25, 0.3) is 0 Å². The molecule has 4 rings (SSSR count). The lowest BCUT2D eigenvalue weighted by molar-refractivity contribution is 0.0697. The van der Waals surface area contributed by atoms with Gasteiger partial charge in [0.05, 0.1) is 15.5 Å². The highest BCUT2D eigenvalue weighted by Crippen LogP contribution is 2.36. The molecule has 1 aliphatic rings. The molecule has 3 N–H and O–H groups in total. The van der Waals surface area contributed by atoms with Crippen LogP contribution in [0.1, 0.15) is 27.2 Å². The summed E-state index contributed by atoms with van der Waals surface area (Å²) in [6, 6.07) is 11.2. The summed E-state index contributed by atoms with van der Waals surface area (Å²) in [4.78, 5) is 16.6. The van der Waals surface area contributed by atoms with Gasteiger partial charge in [0.15, 0.2) is 0 Å². The average Bonchev–Trinajstić information content (AvgIpc) is 2.97. The lowest BCUT2D eigenvalue weighted by Gasteiger charge is -2.06. The minimum atomic E-state index is -1.03. The number of hydrogen-bond acceptors (Lipinski definition) is 4. The number of hydrogen-bond donors (Lipinski definition) is 2. The van der Waals surface area contributed by atoms with Gasteiger partial charge in [-0.05, 0) is 53.1 Å². The number of amidine groups is 1. The summed E-state index contributed by atoms with van der Waals surface area (Å²) >= 11 is 7.60. The maximum atomic E-state index is 11.3. The number of carboxylic acid groups (broad SMARTS) is 1. The third-order valence-corrected chi connectivity index (χ3v) is 5.98. The zero-order valence-corrected chi connectivity index (χ0v) is 15.3. The minimum absolute atomic E-state index is 0.102. The normalized spacial score (nSPS) is 13.8. The van der Waals surface area contributed by atoms with E-state index in [-0.39, 0.29) is 10.6 Å². The number of carboxylic acids is 1. The summed E-state index contributed by atoms with van der Waals surface area (Å²) < 4.78 is 1.11. The van der Waals surface area contributed by atoms with Crippen LogP contribution in [-0.2, 0) is 6.42 Å². The number of nitrogens with zero attached hydrogens (tertiary/aromatic N) is 1. The summed E-state index contributed by atoms with van der Waals surface area (Å²) in [7, 11) is 0. The van der Waals surface area contributed by atoms with E-state index in [1.165, 1.54) is 10.9 Å². The minimum Gasteiger partial charge on any atom is -0.478 e. The Labute approximate surface area is 159 Å². The van der Waals surface area contributed by atoms with Gasteiger partial charge in [-0.1, -0.05) is 35.9 Å². The number of benzene rings is 2. The fourth-order valence-electron chi connectivity index (χ4n) is 3.15. The van der Waals surface area contributed by atoms with E-state index in [1.807, 2.05) is 18.2 Å². The number of fused-ring (bicyclic) bond motifs is 3.